The molecule has 3 heteroatoms. The van der Waals surface area contributed by atoms with Gasteiger partial charge in [0.25, 0.3) is 0 Å². The summed E-state index contributed by atoms with van der Waals surface area (Å²) in [6.45, 7) is 2.88. The molecule has 1 aromatic heterocycles. The number of benzene rings is 3. The molecule has 0 atom stereocenters. The van der Waals surface area contributed by atoms with Crippen LogP contribution in [-0.4, -0.2) is 12.0 Å². The highest BCUT2D eigenvalue weighted by molar-refractivity contribution is 5.90. The molecular weight excluding hydrogens is 334 g/mol. The van der Waals surface area contributed by atoms with Gasteiger partial charge in [0, 0.05) is 30.6 Å². The second-order valence-electron chi connectivity index (χ2n) is 7.06. The van der Waals surface area contributed by atoms with Crippen LogP contribution in [0.25, 0.3) is 22.3 Å². The SMILES string of the molecule is COc1ccc(CN2Cc3ccccc3C2)c2cc(-c3ccccc3)oc12. The molecule has 1 aliphatic rings. The van der Waals surface area contributed by atoms with Crippen molar-refractivity contribution in [2.75, 3.05) is 7.11 Å². The van der Waals surface area contributed by atoms with E-state index in [2.05, 4.69) is 53.4 Å². The van der Waals surface area contributed by atoms with E-state index in [0.717, 1.165) is 47.7 Å². The van der Waals surface area contributed by atoms with E-state index in [1.807, 2.05) is 24.3 Å². The van der Waals surface area contributed by atoms with Gasteiger partial charge < -0.3 is 9.15 Å². The third-order valence-corrected chi connectivity index (χ3v) is 5.32. The van der Waals surface area contributed by atoms with Gasteiger partial charge in [-0.25, -0.2) is 0 Å². The second-order valence-corrected chi connectivity index (χ2v) is 7.06. The molecule has 0 bridgehead atoms. The monoisotopic (exact) mass is 355 g/mol. The molecule has 3 aromatic carbocycles. The van der Waals surface area contributed by atoms with Crippen LogP contribution < -0.4 is 4.74 Å². The maximum absolute atomic E-state index is 6.20. The van der Waals surface area contributed by atoms with Crippen LogP contribution >= 0.6 is 0 Å². The first-order valence-corrected chi connectivity index (χ1v) is 9.26. The standard InChI is InChI=1S/C24H21NO2/c1-26-22-12-11-20(16-25-14-18-9-5-6-10-19(18)15-25)21-13-23(27-24(21)22)17-7-3-2-4-8-17/h2-13H,14-16H2,1H3. The van der Waals surface area contributed by atoms with Crippen LogP contribution in [0.5, 0.6) is 5.75 Å². The van der Waals surface area contributed by atoms with Crippen molar-refractivity contribution in [3.05, 3.63) is 89.5 Å². The molecule has 0 radical (unpaired) electrons. The highest BCUT2D eigenvalue weighted by atomic mass is 16.5. The predicted octanol–water partition coefficient (Wildman–Crippen LogP) is 5.62. The first kappa shape index (κ1) is 16.2. The minimum absolute atomic E-state index is 0.778. The number of methoxy groups -OCH3 is 1. The normalized spacial score (nSPS) is 13.8. The topological polar surface area (TPSA) is 25.6 Å². The lowest BCUT2D eigenvalue weighted by Crippen LogP contribution is -2.15. The first-order chi connectivity index (χ1) is 13.3. The highest BCUT2D eigenvalue weighted by Crippen LogP contribution is 2.36. The van der Waals surface area contributed by atoms with Crippen molar-refractivity contribution in [2.24, 2.45) is 0 Å². The van der Waals surface area contributed by atoms with Crippen LogP contribution in [0.3, 0.4) is 0 Å². The molecule has 0 saturated carbocycles. The number of ether oxygens (including phenoxy) is 1. The Morgan fingerprint density at radius 1 is 0.889 bits per heavy atom. The van der Waals surface area contributed by atoms with Gasteiger partial charge in [-0.15, -0.1) is 0 Å². The quantitative estimate of drug-likeness (QED) is 0.475. The molecule has 3 nitrogen and oxygen atoms in total. The fourth-order valence-corrected chi connectivity index (χ4v) is 3.95. The Labute approximate surface area is 158 Å². The summed E-state index contributed by atoms with van der Waals surface area (Å²) in [6, 6.07) is 25.2. The Kier molecular flexibility index (Phi) is 3.95. The molecular formula is C24H21NO2. The Morgan fingerprint density at radius 2 is 1.59 bits per heavy atom. The van der Waals surface area contributed by atoms with Crippen LogP contribution in [0.2, 0.25) is 0 Å². The molecule has 0 N–H and O–H groups in total. The third kappa shape index (κ3) is 2.90. The van der Waals surface area contributed by atoms with E-state index < -0.39 is 0 Å². The van der Waals surface area contributed by atoms with E-state index in [4.69, 9.17) is 9.15 Å². The molecule has 2 heterocycles. The Morgan fingerprint density at radius 3 is 2.30 bits per heavy atom. The number of hydrogen-bond donors (Lipinski definition) is 0. The smallest absolute Gasteiger partial charge is 0.176 e. The molecule has 134 valence electrons. The van der Waals surface area contributed by atoms with Crippen molar-refractivity contribution in [1.29, 1.82) is 0 Å². The fraction of sp³-hybridized carbons (Fsp3) is 0.167. The van der Waals surface area contributed by atoms with Gasteiger partial charge in [0.05, 0.1) is 7.11 Å². The zero-order valence-electron chi connectivity index (χ0n) is 15.3. The zero-order valence-corrected chi connectivity index (χ0v) is 15.3. The molecule has 0 saturated heterocycles. The van der Waals surface area contributed by atoms with E-state index in [1.54, 1.807) is 7.11 Å². The molecule has 1 aliphatic heterocycles. The molecule has 4 aromatic rings. The second kappa shape index (κ2) is 6.60. The Hall–Kier alpha value is -3.04. The first-order valence-electron chi connectivity index (χ1n) is 9.26. The molecule has 5 rings (SSSR count). The van der Waals surface area contributed by atoms with E-state index in [-0.39, 0.29) is 0 Å². The minimum atomic E-state index is 0.778. The van der Waals surface area contributed by atoms with Crippen molar-refractivity contribution in [2.45, 2.75) is 19.6 Å². The summed E-state index contributed by atoms with van der Waals surface area (Å²) >= 11 is 0. The van der Waals surface area contributed by atoms with Gasteiger partial charge in [-0.05, 0) is 28.8 Å². The molecule has 0 aliphatic carbocycles. The summed E-state index contributed by atoms with van der Waals surface area (Å²) in [6.07, 6.45) is 0. The number of nitrogens with zero attached hydrogens (tertiary/aromatic N) is 1. The summed E-state index contributed by atoms with van der Waals surface area (Å²) in [5.74, 6) is 1.65. The summed E-state index contributed by atoms with van der Waals surface area (Å²) in [5, 5.41) is 1.13. The maximum atomic E-state index is 6.20. The lowest BCUT2D eigenvalue weighted by atomic mass is 10.1. The summed E-state index contributed by atoms with van der Waals surface area (Å²) in [5.41, 5.74) is 6.03. The third-order valence-electron chi connectivity index (χ3n) is 5.32. The summed E-state index contributed by atoms with van der Waals surface area (Å²) in [7, 11) is 1.69. The number of fused-ring (bicyclic) bond motifs is 2. The average Bonchev–Trinajstić information content (AvgIpc) is 3.33. The molecule has 0 fully saturated rings. The van der Waals surface area contributed by atoms with Gasteiger partial charge in [-0.2, -0.15) is 0 Å². The minimum Gasteiger partial charge on any atom is -0.493 e. The highest BCUT2D eigenvalue weighted by Gasteiger charge is 2.21. The van der Waals surface area contributed by atoms with Gasteiger partial charge >= 0.3 is 0 Å². The van der Waals surface area contributed by atoms with Crippen molar-refractivity contribution in [3.63, 3.8) is 0 Å². The van der Waals surface area contributed by atoms with Crippen molar-refractivity contribution in [3.8, 4) is 17.1 Å². The Balaban J connectivity index is 1.52. The van der Waals surface area contributed by atoms with Gasteiger partial charge in [0.1, 0.15) is 5.76 Å². The van der Waals surface area contributed by atoms with Gasteiger partial charge in [-0.3, -0.25) is 4.90 Å². The lowest BCUT2D eigenvalue weighted by molar-refractivity contribution is 0.276. The summed E-state index contributed by atoms with van der Waals surface area (Å²) < 4.78 is 11.7. The van der Waals surface area contributed by atoms with Gasteiger partial charge in [-0.1, -0.05) is 60.7 Å². The van der Waals surface area contributed by atoms with Crippen LogP contribution in [0.1, 0.15) is 16.7 Å². The van der Waals surface area contributed by atoms with Gasteiger partial charge in [0.2, 0.25) is 0 Å². The molecule has 0 unspecified atom stereocenters. The van der Waals surface area contributed by atoms with E-state index in [0.29, 0.717) is 0 Å². The van der Waals surface area contributed by atoms with Crippen LogP contribution in [0, 0.1) is 0 Å². The predicted molar refractivity (Wildman–Crippen MR) is 108 cm³/mol. The van der Waals surface area contributed by atoms with Crippen molar-refractivity contribution in [1.82, 2.24) is 4.90 Å². The fourth-order valence-electron chi connectivity index (χ4n) is 3.95. The molecule has 0 spiro atoms. The summed E-state index contributed by atoms with van der Waals surface area (Å²) in [4.78, 5) is 2.47. The maximum Gasteiger partial charge on any atom is 0.176 e. The van der Waals surface area contributed by atoms with Crippen LogP contribution in [0.4, 0.5) is 0 Å². The largest absolute Gasteiger partial charge is 0.493 e. The van der Waals surface area contributed by atoms with E-state index in [9.17, 15) is 0 Å². The average molecular weight is 355 g/mol. The number of rotatable bonds is 4. The van der Waals surface area contributed by atoms with E-state index >= 15 is 0 Å². The number of furan rings is 1. The molecule has 27 heavy (non-hydrogen) atoms. The zero-order chi connectivity index (χ0) is 18.2. The lowest BCUT2D eigenvalue weighted by Gasteiger charge is -2.16. The van der Waals surface area contributed by atoms with Crippen LogP contribution in [-0.2, 0) is 19.6 Å². The van der Waals surface area contributed by atoms with Crippen LogP contribution in [0.15, 0.2) is 77.2 Å². The van der Waals surface area contributed by atoms with E-state index in [1.165, 1.54) is 16.7 Å². The van der Waals surface area contributed by atoms with Crippen molar-refractivity contribution < 1.29 is 9.15 Å². The van der Waals surface area contributed by atoms with Gasteiger partial charge in [0.15, 0.2) is 11.3 Å². The molecule has 0 amide bonds. The number of hydrogen-bond acceptors (Lipinski definition) is 3. The Bertz CT molecular complexity index is 1070. The van der Waals surface area contributed by atoms with Crippen molar-refractivity contribution >= 4 is 11.0 Å².